The van der Waals surface area contributed by atoms with Gasteiger partial charge in [0.2, 0.25) is 5.91 Å². The van der Waals surface area contributed by atoms with Gasteiger partial charge >= 0.3 is 6.03 Å². The van der Waals surface area contributed by atoms with E-state index in [0.29, 0.717) is 21.7 Å². The molecule has 1 heterocycles. The third-order valence-corrected chi connectivity index (χ3v) is 6.05. The molecule has 0 saturated carbocycles. The number of amides is 3. The van der Waals surface area contributed by atoms with Crippen LogP contribution in [-0.4, -0.2) is 26.7 Å². The minimum Gasteiger partial charge on any atom is -0.351 e. The molecule has 0 bridgehead atoms. The van der Waals surface area contributed by atoms with Crippen LogP contribution in [0, 0.1) is 19.8 Å². The molecule has 1 atom stereocenters. The number of nitrogens with zero attached hydrogens (tertiary/aromatic N) is 2. The van der Waals surface area contributed by atoms with Crippen molar-refractivity contribution in [3.05, 3.63) is 63.9 Å². The van der Waals surface area contributed by atoms with Crippen molar-refractivity contribution in [2.24, 2.45) is 11.7 Å². The molecule has 3 amide bonds. The zero-order valence-corrected chi connectivity index (χ0v) is 18.1. The number of aromatic nitrogens is 2. The number of para-hydroxylation sites is 1. The van der Waals surface area contributed by atoms with Crippen LogP contribution in [0.4, 0.5) is 4.79 Å². The van der Waals surface area contributed by atoms with E-state index < -0.39 is 17.2 Å². The van der Waals surface area contributed by atoms with Crippen molar-refractivity contribution >= 4 is 34.6 Å². The van der Waals surface area contributed by atoms with Crippen molar-refractivity contribution in [2.75, 3.05) is 0 Å². The number of primary amides is 1. The maximum atomic E-state index is 13.4. The first-order valence-electron chi connectivity index (χ1n) is 9.55. The molecule has 0 aliphatic carbocycles. The number of urea groups is 1. The van der Waals surface area contributed by atoms with Gasteiger partial charge < -0.3 is 5.73 Å². The van der Waals surface area contributed by atoms with Gasteiger partial charge in [-0.2, -0.15) is 0 Å². The molecule has 1 unspecified atom stereocenters. The molecule has 0 radical (unpaired) electrons. The highest BCUT2D eigenvalue weighted by molar-refractivity contribution is 8.00. The molecule has 0 aliphatic rings. The Bertz CT molecular complexity index is 1170. The number of thioether (sulfide) groups is 1. The van der Waals surface area contributed by atoms with Crippen LogP contribution < -0.4 is 16.6 Å². The number of fused-ring (bicyclic) bond motifs is 1. The third kappa shape index (κ3) is 4.54. The lowest BCUT2D eigenvalue weighted by molar-refractivity contribution is -0.120. The summed E-state index contributed by atoms with van der Waals surface area (Å²) in [7, 11) is 0. The summed E-state index contributed by atoms with van der Waals surface area (Å²) >= 11 is 1.14. The quantitative estimate of drug-likeness (QED) is 0.483. The Labute approximate surface area is 178 Å². The fourth-order valence-electron chi connectivity index (χ4n) is 3.30. The normalized spacial score (nSPS) is 12.2. The number of hydrogen-bond acceptors (Lipinski definition) is 5. The van der Waals surface area contributed by atoms with E-state index in [1.54, 1.807) is 18.2 Å². The molecule has 0 fully saturated rings. The average Bonchev–Trinajstić information content (AvgIpc) is 2.64. The first-order chi connectivity index (χ1) is 14.2. The summed E-state index contributed by atoms with van der Waals surface area (Å²) in [6.45, 7) is 7.64. The number of carbonyl (C=O) groups is 2. The summed E-state index contributed by atoms with van der Waals surface area (Å²) < 4.78 is 1.53. The highest BCUT2D eigenvalue weighted by Gasteiger charge is 2.27. The van der Waals surface area contributed by atoms with Gasteiger partial charge in [-0.05, 0) is 55.2 Å². The standard InChI is InChI=1S/C22H24N4O3S/c1-12(2)18(19(27)25-21(23)29)30-22-24-17-8-6-5-7-16(17)20(28)26(22)15-10-13(3)9-14(4)11-15/h5-12,18H,1-4H3,(H3,23,25,27,29). The molecule has 8 heteroatoms. The number of aryl methyl sites for hydroxylation is 2. The maximum absolute atomic E-state index is 13.4. The van der Waals surface area contributed by atoms with E-state index in [4.69, 9.17) is 5.73 Å². The van der Waals surface area contributed by atoms with Crippen LogP contribution in [0.15, 0.2) is 52.4 Å². The van der Waals surface area contributed by atoms with Gasteiger partial charge in [0.1, 0.15) is 0 Å². The van der Waals surface area contributed by atoms with Gasteiger partial charge in [0.25, 0.3) is 5.56 Å². The second-order valence-corrected chi connectivity index (χ2v) is 8.64. The fraction of sp³-hybridized carbons (Fsp3) is 0.273. The predicted molar refractivity (Wildman–Crippen MR) is 119 cm³/mol. The van der Waals surface area contributed by atoms with E-state index >= 15 is 0 Å². The SMILES string of the molecule is Cc1cc(C)cc(-n2c(SC(C(=O)NC(N)=O)C(C)C)nc3ccccc3c2=O)c1. The number of nitrogens with two attached hydrogens (primary N) is 1. The number of benzene rings is 2. The Morgan fingerprint density at radius 2 is 1.73 bits per heavy atom. The molecule has 0 saturated heterocycles. The summed E-state index contributed by atoms with van der Waals surface area (Å²) in [6, 6.07) is 12.0. The van der Waals surface area contributed by atoms with Crippen molar-refractivity contribution in [3.63, 3.8) is 0 Å². The van der Waals surface area contributed by atoms with Gasteiger partial charge in [0.15, 0.2) is 5.16 Å². The first kappa shape index (κ1) is 21.6. The minimum absolute atomic E-state index is 0.134. The molecule has 30 heavy (non-hydrogen) atoms. The molecular formula is C22H24N4O3S. The highest BCUT2D eigenvalue weighted by atomic mass is 32.2. The molecule has 3 N–H and O–H groups in total. The molecule has 0 aliphatic heterocycles. The van der Waals surface area contributed by atoms with Gasteiger partial charge in [-0.15, -0.1) is 0 Å². The Morgan fingerprint density at radius 1 is 1.10 bits per heavy atom. The summed E-state index contributed by atoms with van der Waals surface area (Å²) in [6.07, 6.45) is 0. The van der Waals surface area contributed by atoms with Gasteiger partial charge in [0.05, 0.1) is 21.8 Å². The van der Waals surface area contributed by atoms with Gasteiger partial charge in [-0.25, -0.2) is 9.78 Å². The second-order valence-electron chi connectivity index (χ2n) is 7.53. The maximum Gasteiger partial charge on any atom is 0.318 e. The average molecular weight is 425 g/mol. The van der Waals surface area contributed by atoms with Crippen LogP contribution in [0.2, 0.25) is 0 Å². The van der Waals surface area contributed by atoms with Crippen LogP contribution in [0.3, 0.4) is 0 Å². The number of imide groups is 1. The zero-order valence-electron chi connectivity index (χ0n) is 17.3. The van der Waals surface area contributed by atoms with Crippen LogP contribution >= 0.6 is 11.8 Å². The minimum atomic E-state index is -0.913. The van der Waals surface area contributed by atoms with Crippen molar-refractivity contribution in [3.8, 4) is 5.69 Å². The van der Waals surface area contributed by atoms with Crippen LogP contribution in [-0.2, 0) is 4.79 Å². The summed E-state index contributed by atoms with van der Waals surface area (Å²) in [5.74, 6) is -0.651. The van der Waals surface area contributed by atoms with Crippen LogP contribution in [0.1, 0.15) is 25.0 Å². The second kappa shape index (κ2) is 8.71. The van der Waals surface area contributed by atoms with Crippen LogP contribution in [0.25, 0.3) is 16.6 Å². The number of carbonyl (C=O) groups excluding carboxylic acids is 2. The largest absolute Gasteiger partial charge is 0.351 e. The van der Waals surface area contributed by atoms with E-state index in [2.05, 4.69) is 10.3 Å². The first-order valence-corrected chi connectivity index (χ1v) is 10.4. The molecular weight excluding hydrogens is 400 g/mol. The van der Waals surface area contributed by atoms with E-state index in [1.807, 2.05) is 52.0 Å². The summed E-state index contributed by atoms with van der Waals surface area (Å²) in [5.41, 5.74) is 8.15. The van der Waals surface area contributed by atoms with E-state index in [1.165, 1.54) is 4.57 Å². The summed E-state index contributed by atoms with van der Waals surface area (Å²) in [4.78, 5) is 41.8. The molecule has 3 aromatic rings. The summed E-state index contributed by atoms with van der Waals surface area (Å²) in [5, 5.41) is 2.34. The van der Waals surface area contributed by atoms with E-state index in [-0.39, 0.29) is 11.5 Å². The Balaban J connectivity index is 2.23. The highest BCUT2D eigenvalue weighted by Crippen LogP contribution is 2.29. The lowest BCUT2D eigenvalue weighted by Gasteiger charge is -2.21. The van der Waals surface area contributed by atoms with E-state index in [9.17, 15) is 14.4 Å². The molecule has 7 nitrogen and oxygen atoms in total. The zero-order chi connectivity index (χ0) is 22.0. The lowest BCUT2D eigenvalue weighted by Crippen LogP contribution is -2.42. The Morgan fingerprint density at radius 3 is 2.33 bits per heavy atom. The van der Waals surface area contributed by atoms with Crippen LogP contribution in [0.5, 0.6) is 0 Å². The number of rotatable bonds is 5. The van der Waals surface area contributed by atoms with Crippen molar-refractivity contribution < 1.29 is 9.59 Å². The monoisotopic (exact) mass is 424 g/mol. The van der Waals surface area contributed by atoms with E-state index in [0.717, 1.165) is 22.9 Å². The molecule has 0 spiro atoms. The number of hydrogen-bond donors (Lipinski definition) is 2. The molecule has 1 aromatic heterocycles. The Kier molecular flexibility index (Phi) is 6.26. The van der Waals surface area contributed by atoms with Gasteiger partial charge in [-0.3, -0.25) is 19.5 Å². The van der Waals surface area contributed by atoms with Crippen molar-refractivity contribution in [2.45, 2.75) is 38.1 Å². The van der Waals surface area contributed by atoms with Gasteiger partial charge in [-0.1, -0.05) is 43.8 Å². The van der Waals surface area contributed by atoms with Crippen molar-refractivity contribution in [1.82, 2.24) is 14.9 Å². The van der Waals surface area contributed by atoms with Crippen molar-refractivity contribution in [1.29, 1.82) is 0 Å². The third-order valence-electron chi connectivity index (χ3n) is 4.55. The lowest BCUT2D eigenvalue weighted by atomic mass is 10.1. The molecule has 156 valence electrons. The topological polar surface area (TPSA) is 107 Å². The molecule has 2 aromatic carbocycles. The predicted octanol–water partition coefficient (Wildman–Crippen LogP) is 3.31. The van der Waals surface area contributed by atoms with Gasteiger partial charge in [0, 0.05) is 0 Å². The Hall–Kier alpha value is -3.13. The number of nitrogens with one attached hydrogen (secondary N) is 1. The molecule has 3 rings (SSSR count). The fourth-order valence-corrected chi connectivity index (χ4v) is 4.41. The smallest absolute Gasteiger partial charge is 0.318 e.